The minimum atomic E-state index is -0.966. The number of aromatic nitrogens is 1. The maximum Gasteiger partial charge on any atom is 0.355 e. The van der Waals surface area contributed by atoms with Crippen molar-refractivity contribution in [1.29, 1.82) is 0 Å². The average Bonchev–Trinajstić information content (AvgIpc) is 3.12. The van der Waals surface area contributed by atoms with E-state index in [1.165, 1.54) is 33.0 Å². The van der Waals surface area contributed by atoms with E-state index in [0.29, 0.717) is 24.1 Å². The Balaban J connectivity index is 1.94. The number of ketones is 2. The maximum atomic E-state index is 12.4. The highest BCUT2D eigenvalue weighted by molar-refractivity contribution is 6.02. The summed E-state index contributed by atoms with van der Waals surface area (Å²) in [5.74, 6) is -1.28. The van der Waals surface area contributed by atoms with Gasteiger partial charge in [0.2, 0.25) is 11.7 Å². The molecule has 2 N–H and O–H groups in total. The van der Waals surface area contributed by atoms with Crippen molar-refractivity contribution in [1.82, 2.24) is 10.3 Å². The Morgan fingerprint density at radius 2 is 1.74 bits per heavy atom. The summed E-state index contributed by atoms with van der Waals surface area (Å²) in [5.41, 5.74) is 1.89. The smallest absolute Gasteiger partial charge is 0.355 e. The summed E-state index contributed by atoms with van der Waals surface area (Å²) in [6.07, 6.45) is 1.11. The fourth-order valence-corrected chi connectivity index (χ4v) is 2.45. The first-order chi connectivity index (χ1) is 12.8. The largest absolute Gasteiger partial charge is 0.450 e. The molecular weight excluding hydrogens is 348 g/mol. The number of rotatable bonds is 8. The molecule has 7 nitrogen and oxygen atoms in total. The molecule has 1 aromatic carbocycles. The summed E-state index contributed by atoms with van der Waals surface area (Å²) in [4.78, 5) is 49.4. The van der Waals surface area contributed by atoms with Crippen LogP contribution >= 0.6 is 0 Å². The molecule has 0 bridgehead atoms. The van der Waals surface area contributed by atoms with Crippen molar-refractivity contribution in [3.8, 4) is 0 Å². The Kier molecular flexibility index (Phi) is 6.65. The standard InChI is InChI=1S/C20H22N2O5/c1-12(23)17-10-18(22-11-17)20(26)27-13(2)19(25)16-6-4-15(5-7-16)8-9-21-14(3)24/h4-7,10-11,13,22H,8-9H2,1-3H3,(H,21,24)/t13-/m1/s1. The molecule has 0 aliphatic carbocycles. The van der Waals surface area contributed by atoms with E-state index in [2.05, 4.69) is 10.3 Å². The van der Waals surface area contributed by atoms with Crippen molar-refractivity contribution >= 4 is 23.4 Å². The van der Waals surface area contributed by atoms with Gasteiger partial charge < -0.3 is 15.0 Å². The average molecular weight is 370 g/mol. The van der Waals surface area contributed by atoms with Crippen LogP contribution in [0.15, 0.2) is 36.5 Å². The summed E-state index contributed by atoms with van der Waals surface area (Å²) >= 11 is 0. The second kappa shape index (κ2) is 8.93. The van der Waals surface area contributed by atoms with E-state index in [0.717, 1.165) is 5.56 Å². The first-order valence-electron chi connectivity index (χ1n) is 8.56. The number of Topliss-reactive ketones (excluding diaryl/α,β-unsaturated/α-hetero) is 2. The lowest BCUT2D eigenvalue weighted by Gasteiger charge is -2.12. The number of H-pyrrole nitrogens is 1. The summed E-state index contributed by atoms with van der Waals surface area (Å²) in [6.45, 7) is 4.87. The second-order valence-electron chi connectivity index (χ2n) is 6.20. The zero-order valence-electron chi connectivity index (χ0n) is 15.5. The van der Waals surface area contributed by atoms with Gasteiger partial charge in [-0.25, -0.2) is 4.79 Å². The van der Waals surface area contributed by atoms with Crippen molar-refractivity contribution in [3.63, 3.8) is 0 Å². The highest BCUT2D eigenvalue weighted by Gasteiger charge is 2.21. The Morgan fingerprint density at radius 1 is 1.07 bits per heavy atom. The van der Waals surface area contributed by atoms with Gasteiger partial charge >= 0.3 is 5.97 Å². The Bertz CT molecular complexity index is 852. The highest BCUT2D eigenvalue weighted by atomic mass is 16.5. The number of aromatic amines is 1. The van der Waals surface area contributed by atoms with Gasteiger partial charge in [0, 0.05) is 30.8 Å². The van der Waals surface area contributed by atoms with Gasteiger partial charge in [0.1, 0.15) is 5.69 Å². The predicted molar refractivity (Wildman–Crippen MR) is 98.8 cm³/mol. The molecule has 27 heavy (non-hydrogen) atoms. The van der Waals surface area contributed by atoms with E-state index >= 15 is 0 Å². The Hall–Kier alpha value is -3.22. The number of carbonyl (C=O) groups is 4. The van der Waals surface area contributed by atoms with Crippen molar-refractivity contribution in [2.24, 2.45) is 0 Å². The minimum absolute atomic E-state index is 0.0880. The van der Waals surface area contributed by atoms with Crippen LogP contribution in [-0.4, -0.2) is 41.1 Å². The molecule has 0 saturated heterocycles. The zero-order chi connectivity index (χ0) is 20.0. The van der Waals surface area contributed by atoms with Crippen molar-refractivity contribution < 1.29 is 23.9 Å². The quantitative estimate of drug-likeness (QED) is 0.548. The lowest BCUT2D eigenvalue weighted by molar-refractivity contribution is -0.118. The molecule has 1 amide bonds. The van der Waals surface area contributed by atoms with E-state index in [4.69, 9.17) is 4.74 Å². The van der Waals surface area contributed by atoms with Crippen LogP contribution in [0.25, 0.3) is 0 Å². The van der Waals surface area contributed by atoms with E-state index in [1.807, 2.05) is 0 Å². The summed E-state index contributed by atoms with van der Waals surface area (Å²) in [5, 5.41) is 2.71. The van der Waals surface area contributed by atoms with Crippen molar-refractivity contribution in [3.05, 3.63) is 58.9 Å². The number of carbonyl (C=O) groups excluding carboxylic acids is 4. The monoisotopic (exact) mass is 370 g/mol. The van der Waals surface area contributed by atoms with Crippen molar-refractivity contribution in [2.75, 3.05) is 6.54 Å². The fourth-order valence-electron chi connectivity index (χ4n) is 2.45. The first kappa shape index (κ1) is 20.1. The van der Waals surface area contributed by atoms with Gasteiger partial charge in [-0.3, -0.25) is 14.4 Å². The van der Waals surface area contributed by atoms with E-state index in [-0.39, 0.29) is 23.2 Å². The number of hydrogen-bond donors (Lipinski definition) is 2. The number of esters is 1. The third-order valence-electron chi connectivity index (χ3n) is 3.99. The molecule has 1 heterocycles. The van der Waals surface area contributed by atoms with E-state index in [1.54, 1.807) is 24.3 Å². The van der Waals surface area contributed by atoms with Crippen LogP contribution in [0.1, 0.15) is 57.5 Å². The maximum absolute atomic E-state index is 12.4. The van der Waals surface area contributed by atoms with Gasteiger partial charge in [0.05, 0.1) is 0 Å². The topological polar surface area (TPSA) is 105 Å². The first-order valence-corrected chi connectivity index (χ1v) is 8.56. The SMILES string of the molecule is CC(=O)NCCc1ccc(C(=O)[C@@H](C)OC(=O)c2cc(C(C)=O)c[nH]2)cc1. The lowest BCUT2D eigenvalue weighted by atomic mass is 10.0. The third kappa shape index (κ3) is 5.64. The molecule has 1 aromatic heterocycles. The summed E-state index contributed by atoms with van der Waals surface area (Å²) < 4.78 is 5.19. The number of hydrogen-bond acceptors (Lipinski definition) is 5. The molecule has 0 saturated carbocycles. The van der Waals surface area contributed by atoms with Gasteiger partial charge in [-0.2, -0.15) is 0 Å². The Labute approximate surface area is 157 Å². The van der Waals surface area contributed by atoms with Gasteiger partial charge in [-0.15, -0.1) is 0 Å². The molecule has 142 valence electrons. The van der Waals surface area contributed by atoms with Crippen LogP contribution in [0.4, 0.5) is 0 Å². The number of nitrogens with one attached hydrogen (secondary N) is 2. The van der Waals surface area contributed by atoms with Gasteiger partial charge in [-0.1, -0.05) is 24.3 Å². The van der Waals surface area contributed by atoms with Gasteiger partial charge in [-0.05, 0) is 31.9 Å². The van der Waals surface area contributed by atoms with E-state index in [9.17, 15) is 19.2 Å². The van der Waals surface area contributed by atoms with Crippen LogP contribution < -0.4 is 5.32 Å². The molecule has 1 atom stereocenters. The predicted octanol–water partition coefficient (Wildman–Crippen LogP) is 2.32. The number of amides is 1. The molecule has 0 aliphatic heterocycles. The van der Waals surface area contributed by atoms with Crippen LogP contribution in [-0.2, 0) is 16.0 Å². The van der Waals surface area contributed by atoms with Crippen molar-refractivity contribution in [2.45, 2.75) is 33.3 Å². The molecule has 2 rings (SSSR count). The zero-order valence-corrected chi connectivity index (χ0v) is 15.5. The lowest BCUT2D eigenvalue weighted by Crippen LogP contribution is -2.24. The third-order valence-corrected chi connectivity index (χ3v) is 3.99. The summed E-state index contributed by atoms with van der Waals surface area (Å²) in [7, 11) is 0. The molecule has 0 aliphatic rings. The molecule has 0 spiro atoms. The van der Waals surface area contributed by atoms with Crippen LogP contribution in [0.5, 0.6) is 0 Å². The fraction of sp³-hybridized carbons (Fsp3) is 0.300. The molecule has 2 aromatic rings. The molecular formula is C20H22N2O5. The minimum Gasteiger partial charge on any atom is -0.450 e. The van der Waals surface area contributed by atoms with Gasteiger partial charge in [0.25, 0.3) is 0 Å². The molecule has 0 radical (unpaired) electrons. The summed E-state index contributed by atoms with van der Waals surface area (Å²) in [6, 6.07) is 8.32. The highest BCUT2D eigenvalue weighted by Crippen LogP contribution is 2.12. The molecule has 7 heteroatoms. The number of benzene rings is 1. The molecule has 0 fully saturated rings. The van der Waals surface area contributed by atoms with Gasteiger partial charge in [0.15, 0.2) is 11.9 Å². The normalized spacial score (nSPS) is 11.5. The number of ether oxygens (including phenoxy) is 1. The second-order valence-corrected chi connectivity index (χ2v) is 6.20. The Morgan fingerprint density at radius 3 is 2.30 bits per heavy atom. The van der Waals surface area contributed by atoms with E-state index < -0.39 is 12.1 Å². The van der Waals surface area contributed by atoms with Crippen LogP contribution in [0, 0.1) is 0 Å². The van der Waals surface area contributed by atoms with Crippen LogP contribution in [0.2, 0.25) is 0 Å². The van der Waals surface area contributed by atoms with Crippen LogP contribution in [0.3, 0.4) is 0 Å². The molecule has 0 unspecified atom stereocenters.